The van der Waals surface area contributed by atoms with Gasteiger partial charge in [-0.1, -0.05) is 19.9 Å². The average molecular weight is 365 g/mol. The molecule has 94 valence electrons. The molecule has 0 radical (unpaired) electrons. The molecule has 0 aliphatic carbocycles. The SMILES string of the molecule is CC(C)[C@@H](NCc1ccc(Br)c(Br)c1)C(=O)O. The number of carbonyl (C=O) groups is 1. The summed E-state index contributed by atoms with van der Waals surface area (Å²) in [6.07, 6.45) is 0. The molecular formula is C12H15Br2NO2. The standard InChI is InChI=1S/C12H15Br2NO2/c1-7(2)11(12(16)17)15-6-8-3-4-9(13)10(14)5-8/h3-5,7,11,15H,6H2,1-2H3,(H,16,17)/t11-/m1/s1. The second kappa shape index (κ2) is 6.52. The summed E-state index contributed by atoms with van der Waals surface area (Å²) in [5.74, 6) is -0.748. The Morgan fingerprint density at radius 1 is 1.35 bits per heavy atom. The maximum Gasteiger partial charge on any atom is 0.320 e. The topological polar surface area (TPSA) is 49.3 Å². The summed E-state index contributed by atoms with van der Waals surface area (Å²) >= 11 is 6.81. The number of nitrogens with one attached hydrogen (secondary N) is 1. The van der Waals surface area contributed by atoms with Crippen LogP contribution < -0.4 is 5.32 Å². The lowest BCUT2D eigenvalue weighted by Crippen LogP contribution is -2.40. The molecule has 0 saturated heterocycles. The van der Waals surface area contributed by atoms with E-state index in [1.807, 2.05) is 32.0 Å². The van der Waals surface area contributed by atoms with Gasteiger partial charge in [-0.05, 0) is 55.5 Å². The summed E-state index contributed by atoms with van der Waals surface area (Å²) in [6.45, 7) is 4.33. The second-order valence-corrected chi connectivity index (χ2v) is 5.90. The molecule has 0 aromatic heterocycles. The van der Waals surface area contributed by atoms with Crippen LogP contribution in [0.2, 0.25) is 0 Å². The first kappa shape index (κ1) is 14.7. The van der Waals surface area contributed by atoms with Crippen molar-refractivity contribution in [3.8, 4) is 0 Å². The van der Waals surface area contributed by atoms with Crippen molar-refractivity contribution in [3.05, 3.63) is 32.7 Å². The molecular weight excluding hydrogens is 350 g/mol. The Labute approximate surface area is 118 Å². The van der Waals surface area contributed by atoms with Crippen molar-refractivity contribution in [2.75, 3.05) is 0 Å². The first-order valence-corrected chi connectivity index (χ1v) is 6.90. The lowest BCUT2D eigenvalue weighted by atomic mass is 10.0. The van der Waals surface area contributed by atoms with Crippen molar-refractivity contribution >= 4 is 37.8 Å². The fraction of sp³-hybridized carbons (Fsp3) is 0.417. The van der Waals surface area contributed by atoms with E-state index in [-0.39, 0.29) is 5.92 Å². The van der Waals surface area contributed by atoms with Gasteiger partial charge >= 0.3 is 5.97 Å². The summed E-state index contributed by atoms with van der Waals surface area (Å²) in [5.41, 5.74) is 1.05. The van der Waals surface area contributed by atoms with Crippen LogP contribution >= 0.6 is 31.9 Å². The molecule has 1 rings (SSSR count). The van der Waals surface area contributed by atoms with Gasteiger partial charge < -0.3 is 10.4 Å². The minimum absolute atomic E-state index is 0.0615. The van der Waals surface area contributed by atoms with Crippen LogP contribution in [0.25, 0.3) is 0 Å². The van der Waals surface area contributed by atoms with Crippen molar-refractivity contribution in [2.45, 2.75) is 26.4 Å². The van der Waals surface area contributed by atoms with Crippen LogP contribution in [-0.4, -0.2) is 17.1 Å². The molecule has 0 heterocycles. The third-order valence-electron chi connectivity index (χ3n) is 2.44. The van der Waals surface area contributed by atoms with E-state index < -0.39 is 12.0 Å². The smallest absolute Gasteiger partial charge is 0.320 e. The highest BCUT2D eigenvalue weighted by Crippen LogP contribution is 2.23. The molecule has 0 unspecified atom stereocenters. The monoisotopic (exact) mass is 363 g/mol. The molecule has 0 saturated carbocycles. The Bertz CT molecular complexity index is 407. The molecule has 0 aliphatic heterocycles. The van der Waals surface area contributed by atoms with Gasteiger partial charge in [0.15, 0.2) is 0 Å². The fourth-order valence-electron chi connectivity index (χ4n) is 1.49. The zero-order valence-electron chi connectivity index (χ0n) is 9.71. The Kier molecular flexibility index (Phi) is 5.62. The van der Waals surface area contributed by atoms with Crippen molar-refractivity contribution in [2.24, 2.45) is 5.92 Å². The van der Waals surface area contributed by atoms with E-state index in [1.165, 1.54) is 0 Å². The number of carboxylic acids is 1. The van der Waals surface area contributed by atoms with Gasteiger partial charge in [0.1, 0.15) is 6.04 Å². The summed E-state index contributed by atoms with van der Waals surface area (Å²) in [4.78, 5) is 11.0. The molecule has 2 N–H and O–H groups in total. The predicted molar refractivity (Wildman–Crippen MR) is 74.9 cm³/mol. The molecule has 17 heavy (non-hydrogen) atoms. The number of benzene rings is 1. The molecule has 1 aromatic rings. The Hall–Kier alpha value is -0.390. The van der Waals surface area contributed by atoms with E-state index in [1.54, 1.807) is 0 Å². The van der Waals surface area contributed by atoms with E-state index in [4.69, 9.17) is 5.11 Å². The molecule has 5 heteroatoms. The molecule has 0 spiro atoms. The van der Waals surface area contributed by atoms with E-state index in [2.05, 4.69) is 37.2 Å². The minimum Gasteiger partial charge on any atom is -0.480 e. The highest BCUT2D eigenvalue weighted by atomic mass is 79.9. The molecule has 0 bridgehead atoms. The van der Waals surface area contributed by atoms with Gasteiger partial charge in [-0.25, -0.2) is 0 Å². The van der Waals surface area contributed by atoms with Crippen molar-refractivity contribution < 1.29 is 9.90 Å². The van der Waals surface area contributed by atoms with Crippen LogP contribution in [0.4, 0.5) is 0 Å². The van der Waals surface area contributed by atoms with Crippen molar-refractivity contribution in [1.29, 1.82) is 0 Å². The summed E-state index contributed by atoms with van der Waals surface area (Å²) in [5, 5.41) is 12.1. The maximum atomic E-state index is 11.0. The number of aliphatic carboxylic acids is 1. The predicted octanol–water partition coefficient (Wildman–Crippen LogP) is 3.41. The number of carboxylic acid groups (broad SMARTS) is 1. The third-order valence-corrected chi connectivity index (χ3v) is 4.32. The Morgan fingerprint density at radius 2 is 2.00 bits per heavy atom. The highest BCUT2D eigenvalue weighted by Gasteiger charge is 2.20. The van der Waals surface area contributed by atoms with Crippen LogP contribution in [-0.2, 0) is 11.3 Å². The number of rotatable bonds is 5. The largest absolute Gasteiger partial charge is 0.480 e. The first-order valence-electron chi connectivity index (χ1n) is 5.32. The third kappa shape index (κ3) is 4.41. The average Bonchev–Trinajstić information content (AvgIpc) is 2.22. The van der Waals surface area contributed by atoms with E-state index in [9.17, 15) is 4.79 Å². The van der Waals surface area contributed by atoms with Gasteiger partial charge in [-0.3, -0.25) is 4.79 Å². The second-order valence-electron chi connectivity index (χ2n) is 4.19. The first-order chi connectivity index (χ1) is 7.91. The van der Waals surface area contributed by atoms with Crippen LogP contribution in [0.3, 0.4) is 0 Å². The van der Waals surface area contributed by atoms with E-state index in [0.717, 1.165) is 14.5 Å². The minimum atomic E-state index is -0.809. The van der Waals surface area contributed by atoms with Crippen LogP contribution in [0.5, 0.6) is 0 Å². The maximum absolute atomic E-state index is 11.0. The summed E-state index contributed by atoms with van der Waals surface area (Å²) < 4.78 is 1.95. The lowest BCUT2D eigenvalue weighted by molar-refractivity contribution is -0.140. The van der Waals surface area contributed by atoms with Crippen LogP contribution in [0.15, 0.2) is 27.1 Å². The Balaban J connectivity index is 2.65. The zero-order valence-corrected chi connectivity index (χ0v) is 12.9. The van der Waals surface area contributed by atoms with Crippen LogP contribution in [0.1, 0.15) is 19.4 Å². The van der Waals surface area contributed by atoms with Gasteiger partial charge in [-0.15, -0.1) is 0 Å². The summed E-state index contributed by atoms with van der Waals surface area (Å²) in [6, 6.07) is 5.35. The number of hydrogen-bond acceptors (Lipinski definition) is 2. The molecule has 0 aliphatic rings. The van der Waals surface area contributed by atoms with Gasteiger partial charge in [0.25, 0.3) is 0 Å². The van der Waals surface area contributed by atoms with E-state index in [0.29, 0.717) is 6.54 Å². The molecule has 1 atom stereocenters. The van der Waals surface area contributed by atoms with Gasteiger partial charge in [0.05, 0.1) is 0 Å². The normalized spacial score (nSPS) is 12.8. The molecule has 0 amide bonds. The van der Waals surface area contributed by atoms with E-state index >= 15 is 0 Å². The Morgan fingerprint density at radius 3 is 2.47 bits per heavy atom. The fourth-order valence-corrected chi connectivity index (χ4v) is 2.16. The van der Waals surface area contributed by atoms with Gasteiger partial charge in [0, 0.05) is 15.5 Å². The van der Waals surface area contributed by atoms with Crippen LogP contribution in [0, 0.1) is 5.92 Å². The zero-order chi connectivity index (χ0) is 13.0. The number of hydrogen-bond donors (Lipinski definition) is 2. The molecule has 0 fully saturated rings. The quantitative estimate of drug-likeness (QED) is 0.841. The number of halogens is 2. The van der Waals surface area contributed by atoms with Gasteiger partial charge in [0.2, 0.25) is 0 Å². The molecule has 3 nitrogen and oxygen atoms in total. The highest BCUT2D eigenvalue weighted by molar-refractivity contribution is 9.13. The van der Waals surface area contributed by atoms with Crippen molar-refractivity contribution in [1.82, 2.24) is 5.32 Å². The van der Waals surface area contributed by atoms with Crippen molar-refractivity contribution in [3.63, 3.8) is 0 Å². The lowest BCUT2D eigenvalue weighted by Gasteiger charge is -2.18. The molecule has 1 aromatic carbocycles. The summed E-state index contributed by atoms with van der Waals surface area (Å²) in [7, 11) is 0. The van der Waals surface area contributed by atoms with Gasteiger partial charge in [-0.2, -0.15) is 0 Å².